The summed E-state index contributed by atoms with van der Waals surface area (Å²) in [5, 5.41) is 0. The predicted molar refractivity (Wildman–Crippen MR) is 81.0 cm³/mol. The molecule has 3 rings (SSSR count). The molecule has 0 N–H and O–H groups in total. The zero-order valence-corrected chi connectivity index (χ0v) is 12.8. The first-order valence-electron chi connectivity index (χ1n) is 7.39. The van der Waals surface area contributed by atoms with E-state index in [1.165, 1.54) is 16.7 Å². The van der Waals surface area contributed by atoms with E-state index in [1.807, 2.05) is 0 Å². The molecule has 0 radical (unpaired) electrons. The summed E-state index contributed by atoms with van der Waals surface area (Å²) in [6, 6.07) is 4.12. The number of rotatable bonds is 1. The predicted octanol–water partition coefficient (Wildman–Crippen LogP) is 4.09. The van der Waals surface area contributed by atoms with E-state index >= 15 is 0 Å². The molecule has 0 aliphatic heterocycles. The minimum Gasteiger partial charge on any atom is -0.497 e. The molecule has 1 aromatic rings. The van der Waals surface area contributed by atoms with Crippen LogP contribution in [0.25, 0.3) is 5.57 Å². The summed E-state index contributed by atoms with van der Waals surface area (Å²) in [5.74, 6) is 1.17. The molecule has 0 atom stereocenters. The number of aryl methyl sites for hydroxylation is 1. The molecular formula is C18H22O2. The van der Waals surface area contributed by atoms with E-state index in [9.17, 15) is 4.79 Å². The second-order valence-corrected chi connectivity index (χ2v) is 6.63. The Kier molecular flexibility index (Phi) is 3.00. The topological polar surface area (TPSA) is 26.3 Å². The summed E-state index contributed by atoms with van der Waals surface area (Å²) in [4.78, 5) is 12.5. The van der Waals surface area contributed by atoms with Crippen molar-refractivity contribution in [2.45, 2.75) is 46.5 Å². The van der Waals surface area contributed by atoms with Gasteiger partial charge in [0.15, 0.2) is 5.78 Å². The standard InChI is InChI=1S/C18H22O2/c1-11-9-12(20-4)10-14-13(11)5-6-15-17(14)16(19)7-8-18(15,2)3/h9-10H,5-8H2,1-4H3. The van der Waals surface area contributed by atoms with Crippen LogP contribution >= 0.6 is 0 Å². The number of ether oxygens (including phenoxy) is 1. The van der Waals surface area contributed by atoms with Crippen LogP contribution in [0.15, 0.2) is 17.7 Å². The van der Waals surface area contributed by atoms with Crippen LogP contribution in [0.4, 0.5) is 0 Å². The average molecular weight is 270 g/mol. The van der Waals surface area contributed by atoms with E-state index in [2.05, 4.69) is 32.9 Å². The van der Waals surface area contributed by atoms with Gasteiger partial charge in [-0.3, -0.25) is 4.79 Å². The smallest absolute Gasteiger partial charge is 0.163 e. The van der Waals surface area contributed by atoms with Gasteiger partial charge in [0.05, 0.1) is 7.11 Å². The molecule has 0 saturated heterocycles. The number of benzene rings is 1. The highest BCUT2D eigenvalue weighted by Crippen LogP contribution is 2.48. The van der Waals surface area contributed by atoms with Gasteiger partial charge in [0.1, 0.15) is 5.75 Å². The lowest BCUT2D eigenvalue weighted by molar-refractivity contribution is -0.114. The van der Waals surface area contributed by atoms with Gasteiger partial charge in [-0.15, -0.1) is 0 Å². The van der Waals surface area contributed by atoms with Crippen molar-refractivity contribution in [3.05, 3.63) is 34.4 Å². The highest BCUT2D eigenvalue weighted by atomic mass is 16.5. The monoisotopic (exact) mass is 270 g/mol. The fraction of sp³-hybridized carbons (Fsp3) is 0.500. The van der Waals surface area contributed by atoms with Gasteiger partial charge in [-0.1, -0.05) is 19.4 Å². The van der Waals surface area contributed by atoms with Crippen LogP contribution in [-0.2, 0) is 11.2 Å². The largest absolute Gasteiger partial charge is 0.497 e. The van der Waals surface area contributed by atoms with Crippen LogP contribution in [0.5, 0.6) is 5.75 Å². The van der Waals surface area contributed by atoms with Crippen LogP contribution < -0.4 is 4.74 Å². The Morgan fingerprint density at radius 3 is 2.60 bits per heavy atom. The number of carbonyl (C=O) groups excluding carboxylic acids is 1. The Balaban J connectivity index is 2.27. The van der Waals surface area contributed by atoms with Gasteiger partial charge in [0.25, 0.3) is 0 Å². The Labute approximate surface area is 120 Å². The van der Waals surface area contributed by atoms with Crippen LogP contribution in [0, 0.1) is 12.3 Å². The maximum absolute atomic E-state index is 12.5. The normalized spacial score (nSPS) is 20.5. The molecule has 0 bridgehead atoms. The number of carbonyl (C=O) groups is 1. The molecule has 2 aliphatic carbocycles. The van der Waals surface area contributed by atoms with Crippen molar-refractivity contribution >= 4 is 11.4 Å². The first-order chi connectivity index (χ1) is 9.44. The molecule has 2 heteroatoms. The zero-order valence-electron chi connectivity index (χ0n) is 12.8. The molecule has 2 aliphatic rings. The molecule has 0 spiro atoms. The van der Waals surface area contributed by atoms with Crippen molar-refractivity contribution in [3.8, 4) is 5.75 Å². The number of Topliss-reactive ketones (excluding diaryl/α,β-unsaturated/α-hetero) is 1. The van der Waals surface area contributed by atoms with Crippen molar-refractivity contribution in [2.75, 3.05) is 7.11 Å². The number of fused-ring (bicyclic) bond motifs is 2. The molecule has 0 unspecified atom stereocenters. The number of hydrogen-bond donors (Lipinski definition) is 0. The minimum absolute atomic E-state index is 0.151. The summed E-state index contributed by atoms with van der Waals surface area (Å²) in [5.41, 5.74) is 6.19. The first-order valence-corrected chi connectivity index (χ1v) is 7.39. The second-order valence-electron chi connectivity index (χ2n) is 6.63. The van der Waals surface area contributed by atoms with Crippen molar-refractivity contribution in [3.63, 3.8) is 0 Å². The third kappa shape index (κ3) is 1.90. The molecule has 0 heterocycles. The molecule has 0 fully saturated rings. The van der Waals surface area contributed by atoms with Crippen LogP contribution in [0.1, 0.15) is 49.8 Å². The molecule has 1 aromatic carbocycles. The Hall–Kier alpha value is -1.57. The summed E-state index contributed by atoms with van der Waals surface area (Å²) in [7, 11) is 1.69. The third-order valence-electron chi connectivity index (χ3n) is 4.95. The van der Waals surface area contributed by atoms with Gasteiger partial charge < -0.3 is 4.74 Å². The average Bonchev–Trinajstić information content (AvgIpc) is 2.42. The molecule has 20 heavy (non-hydrogen) atoms. The van der Waals surface area contributed by atoms with E-state index in [4.69, 9.17) is 4.74 Å². The number of allylic oxidation sites excluding steroid dienone is 2. The van der Waals surface area contributed by atoms with E-state index in [1.54, 1.807) is 7.11 Å². The Bertz CT molecular complexity index is 621. The lowest BCUT2D eigenvalue weighted by Crippen LogP contribution is -2.28. The highest BCUT2D eigenvalue weighted by molar-refractivity contribution is 6.23. The Morgan fingerprint density at radius 2 is 1.90 bits per heavy atom. The fourth-order valence-corrected chi connectivity index (χ4v) is 3.69. The maximum Gasteiger partial charge on any atom is 0.163 e. The van der Waals surface area contributed by atoms with Gasteiger partial charge in [-0.2, -0.15) is 0 Å². The number of hydrogen-bond acceptors (Lipinski definition) is 2. The van der Waals surface area contributed by atoms with Gasteiger partial charge >= 0.3 is 0 Å². The highest BCUT2D eigenvalue weighted by Gasteiger charge is 2.37. The van der Waals surface area contributed by atoms with Crippen molar-refractivity contribution < 1.29 is 9.53 Å². The molecular weight excluding hydrogens is 248 g/mol. The van der Waals surface area contributed by atoms with E-state index in [0.29, 0.717) is 12.2 Å². The first kappa shape index (κ1) is 13.4. The number of ketones is 1. The molecule has 106 valence electrons. The maximum atomic E-state index is 12.5. The lowest BCUT2D eigenvalue weighted by atomic mass is 9.66. The lowest BCUT2D eigenvalue weighted by Gasteiger charge is -2.38. The summed E-state index contributed by atoms with van der Waals surface area (Å²) >= 11 is 0. The molecule has 0 amide bonds. The van der Waals surface area contributed by atoms with Gasteiger partial charge in [-0.25, -0.2) is 0 Å². The van der Waals surface area contributed by atoms with Gasteiger partial charge in [0.2, 0.25) is 0 Å². The van der Waals surface area contributed by atoms with E-state index < -0.39 is 0 Å². The van der Waals surface area contributed by atoms with Crippen molar-refractivity contribution in [1.29, 1.82) is 0 Å². The second kappa shape index (κ2) is 4.47. The fourth-order valence-electron chi connectivity index (χ4n) is 3.69. The summed E-state index contributed by atoms with van der Waals surface area (Å²) in [6.45, 7) is 6.66. The zero-order chi connectivity index (χ0) is 14.5. The Morgan fingerprint density at radius 1 is 1.15 bits per heavy atom. The molecule has 0 aromatic heterocycles. The molecule has 0 saturated carbocycles. The summed E-state index contributed by atoms with van der Waals surface area (Å²) in [6.07, 6.45) is 3.71. The van der Waals surface area contributed by atoms with E-state index in [0.717, 1.165) is 36.1 Å². The minimum atomic E-state index is 0.151. The SMILES string of the molecule is COc1cc(C)c2c(c1)C1=C(CC2)C(C)(C)CCC1=O. The van der Waals surface area contributed by atoms with Crippen molar-refractivity contribution in [1.82, 2.24) is 0 Å². The van der Waals surface area contributed by atoms with Crippen LogP contribution in [0.2, 0.25) is 0 Å². The third-order valence-corrected chi connectivity index (χ3v) is 4.95. The van der Waals surface area contributed by atoms with E-state index in [-0.39, 0.29) is 5.41 Å². The van der Waals surface area contributed by atoms with Gasteiger partial charge in [0, 0.05) is 12.0 Å². The quantitative estimate of drug-likeness (QED) is 0.768. The number of methoxy groups -OCH3 is 1. The molecule has 2 nitrogen and oxygen atoms in total. The summed E-state index contributed by atoms with van der Waals surface area (Å²) < 4.78 is 5.39. The van der Waals surface area contributed by atoms with Gasteiger partial charge in [-0.05, 0) is 60.4 Å². The van der Waals surface area contributed by atoms with Crippen molar-refractivity contribution in [2.24, 2.45) is 5.41 Å². The van der Waals surface area contributed by atoms with Crippen LogP contribution in [-0.4, -0.2) is 12.9 Å². The van der Waals surface area contributed by atoms with Crippen LogP contribution in [0.3, 0.4) is 0 Å².